The fourth-order valence-electron chi connectivity index (χ4n) is 1.15. The van der Waals surface area contributed by atoms with Gasteiger partial charge in [0.1, 0.15) is 0 Å². The molecule has 0 aliphatic carbocycles. The van der Waals surface area contributed by atoms with Crippen molar-refractivity contribution in [2.45, 2.75) is 0 Å². The Kier molecular flexibility index (Phi) is 4.22. The normalized spacial score (nSPS) is 11.1. The van der Waals surface area contributed by atoms with Gasteiger partial charge in [-0.05, 0) is 23.8 Å². The predicted octanol–water partition coefficient (Wildman–Crippen LogP) is 2.18. The van der Waals surface area contributed by atoms with Crippen LogP contribution in [0.5, 0.6) is 11.5 Å². The van der Waals surface area contributed by atoms with Crippen LogP contribution in [0.15, 0.2) is 29.4 Å². The van der Waals surface area contributed by atoms with Gasteiger partial charge in [-0.2, -0.15) is 0 Å². The van der Waals surface area contributed by atoms with E-state index >= 15 is 0 Å². The highest BCUT2D eigenvalue weighted by atomic mass is 16.5. The van der Waals surface area contributed by atoms with E-state index in [4.69, 9.17) is 14.7 Å². The number of benzene rings is 1. The summed E-state index contributed by atoms with van der Waals surface area (Å²) in [6, 6.07) is 5.53. The number of methoxy groups -OCH3 is 2. The zero-order valence-corrected chi connectivity index (χ0v) is 8.68. The molecular formula is C11H13NO3. The molecule has 1 N–H and O–H groups in total. The van der Waals surface area contributed by atoms with Crippen LogP contribution in [0.25, 0.3) is 6.08 Å². The topological polar surface area (TPSA) is 51.0 Å². The van der Waals surface area contributed by atoms with E-state index in [1.165, 1.54) is 6.21 Å². The number of allylic oxidation sites excluding steroid dienone is 1. The fraction of sp³-hybridized carbons (Fsp3) is 0.182. The van der Waals surface area contributed by atoms with Crippen molar-refractivity contribution in [2.75, 3.05) is 14.2 Å². The Hall–Kier alpha value is -1.97. The lowest BCUT2D eigenvalue weighted by Crippen LogP contribution is -1.90. The van der Waals surface area contributed by atoms with Crippen LogP contribution < -0.4 is 9.47 Å². The standard InChI is InChI=1S/C11H13NO3/c1-14-10-6-5-9(4-3-7-12-13)8-11(10)15-2/h3-8,13H,1-2H3/b4-3-,12-7+. The molecule has 0 saturated carbocycles. The first kappa shape index (κ1) is 11.1. The maximum Gasteiger partial charge on any atom is 0.161 e. The predicted molar refractivity (Wildman–Crippen MR) is 58.9 cm³/mol. The van der Waals surface area contributed by atoms with Crippen LogP contribution in [-0.2, 0) is 0 Å². The zero-order chi connectivity index (χ0) is 11.1. The lowest BCUT2D eigenvalue weighted by Gasteiger charge is -2.07. The molecular weight excluding hydrogens is 194 g/mol. The molecule has 0 aromatic heterocycles. The SMILES string of the molecule is COc1ccc(/C=C\C=N\O)cc1OC. The van der Waals surface area contributed by atoms with Gasteiger partial charge >= 0.3 is 0 Å². The van der Waals surface area contributed by atoms with Crippen LogP contribution in [0.4, 0.5) is 0 Å². The van der Waals surface area contributed by atoms with Gasteiger partial charge in [-0.15, -0.1) is 0 Å². The summed E-state index contributed by atoms with van der Waals surface area (Å²) in [5.74, 6) is 1.35. The summed E-state index contributed by atoms with van der Waals surface area (Å²) < 4.78 is 10.2. The molecule has 4 nitrogen and oxygen atoms in total. The van der Waals surface area contributed by atoms with E-state index in [2.05, 4.69) is 5.16 Å². The van der Waals surface area contributed by atoms with E-state index in [1.54, 1.807) is 26.4 Å². The number of nitrogens with zero attached hydrogens (tertiary/aromatic N) is 1. The van der Waals surface area contributed by atoms with Crippen molar-refractivity contribution < 1.29 is 14.7 Å². The Balaban J connectivity index is 2.92. The summed E-state index contributed by atoms with van der Waals surface area (Å²) >= 11 is 0. The quantitative estimate of drug-likeness (QED) is 0.467. The first-order valence-electron chi connectivity index (χ1n) is 4.38. The van der Waals surface area contributed by atoms with Gasteiger partial charge in [-0.1, -0.05) is 17.3 Å². The molecule has 0 aliphatic heterocycles. The highest BCUT2D eigenvalue weighted by Crippen LogP contribution is 2.27. The Morgan fingerprint density at radius 3 is 2.53 bits per heavy atom. The fourth-order valence-corrected chi connectivity index (χ4v) is 1.15. The molecule has 1 rings (SSSR count). The molecule has 0 bridgehead atoms. The smallest absolute Gasteiger partial charge is 0.161 e. The van der Waals surface area contributed by atoms with Gasteiger partial charge in [0.25, 0.3) is 0 Å². The number of rotatable bonds is 4. The Labute approximate surface area is 88.4 Å². The van der Waals surface area contributed by atoms with Crippen LogP contribution in [0, 0.1) is 0 Å². The minimum Gasteiger partial charge on any atom is -0.493 e. The van der Waals surface area contributed by atoms with E-state index in [0.29, 0.717) is 11.5 Å². The second kappa shape index (κ2) is 5.70. The van der Waals surface area contributed by atoms with Crippen molar-refractivity contribution in [1.29, 1.82) is 0 Å². The maximum atomic E-state index is 8.20. The Morgan fingerprint density at radius 1 is 1.20 bits per heavy atom. The van der Waals surface area contributed by atoms with Crippen molar-refractivity contribution in [3.05, 3.63) is 29.8 Å². The van der Waals surface area contributed by atoms with Gasteiger partial charge in [0.15, 0.2) is 11.5 Å². The zero-order valence-electron chi connectivity index (χ0n) is 8.68. The minimum absolute atomic E-state index is 0.667. The van der Waals surface area contributed by atoms with Crippen LogP contribution >= 0.6 is 0 Å². The molecule has 1 aromatic carbocycles. The largest absolute Gasteiger partial charge is 0.493 e. The molecule has 4 heteroatoms. The Bertz CT molecular complexity index is 372. The lowest BCUT2D eigenvalue weighted by atomic mass is 10.2. The second-order valence-electron chi connectivity index (χ2n) is 2.74. The van der Waals surface area contributed by atoms with Crippen molar-refractivity contribution in [3.8, 4) is 11.5 Å². The molecule has 80 valence electrons. The third-order valence-electron chi connectivity index (χ3n) is 1.85. The summed E-state index contributed by atoms with van der Waals surface area (Å²) in [5.41, 5.74) is 0.938. The third kappa shape index (κ3) is 3.02. The average Bonchev–Trinajstić information content (AvgIpc) is 2.29. The highest BCUT2D eigenvalue weighted by molar-refractivity contribution is 5.78. The molecule has 0 fully saturated rings. The molecule has 0 spiro atoms. The molecule has 0 saturated heterocycles. The lowest BCUT2D eigenvalue weighted by molar-refractivity contribution is 0.322. The number of hydrogen-bond acceptors (Lipinski definition) is 4. The molecule has 0 unspecified atom stereocenters. The van der Waals surface area contributed by atoms with Gasteiger partial charge in [-0.3, -0.25) is 0 Å². The molecule has 15 heavy (non-hydrogen) atoms. The van der Waals surface area contributed by atoms with Gasteiger partial charge in [0.2, 0.25) is 0 Å². The van der Waals surface area contributed by atoms with Gasteiger partial charge in [0, 0.05) is 0 Å². The van der Waals surface area contributed by atoms with Crippen LogP contribution in [0.1, 0.15) is 5.56 Å². The molecule has 0 atom stereocenters. The first-order chi connectivity index (χ1) is 7.31. The van der Waals surface area contributed by atoms with E-state index in [0.717, 1.165) is 5.56 Å². The van der Waals surface area contributed by atoms with Crippen LogP contribution in [-0.4, -0.2) is 25.6 Å². The summed E-state index contributed by atoms with van der Waals surface area (Å²) in [5, 5.41) is 11.1. The Morgan fingerprint density at radius 2 is 1.93 bits per heavy atom. The molecule has 0 amide bonds. The number of oxime groups is 1. The monoisotopic (exact) mass is 207 g/mol. The van der Waals surface area contributed by atoms with Crippen molar-refractivity contribution in [3.63, 3.8) is 0 Å². The second-order valence-corrected chi connectivity index (χ2v) is 2.74. The number of hydrogen-bond donors (Lipinski definition) is 1. The molecule has 0 heterocycles. The van der Waals surface area contributed by atoms with E-state index < -0.39 is 0 Å². The summed E-state index contributed by atoms with van der Waals surface area (Å²) in [6.07, 6.45) is 4.71. The third-order valence-corrected chi connectivity index (χ3v) is 1.85. The molecule has 1 aromatic rings. The molecule has 0 radical (unpaired) electrons. The van der Waals surface area contributed by atoms with Crippen molar-refractivity contribution >= 4 is 12.3 Å². The number of ether oxygens (including phenoxy) is 2. The average molecular weight is 207 g/mol. The summed E-state index contributed by atoms with van der Waals surface area (Å²) in [4.78, 5) is 0. The van der Waals surface area contributed by atoms with E-state index in [-0.39, 0.29) is 0 Å². The van der Waals surface area contributed by atoms with Gasteiger partial charge in [0.05, 0.1) is 20.4 Å². The first-order valence-corrected chi connectivity index (χ1v) is 4.38. The van der Waals surface area contributed by atoms with E-state index in [9.17, 15) is 0 Å². The maximum absolute atomic E-state index is 8.20. The minimum atomic E-state index is 0.667. The van der Waals surface area contributed by atoms with Crippen molar-refractivity contribution in [2.24, 2.45) is 5.16 Å². The van der Waals surface area contributed by atoms with E-state index in [1.807, 2.05) is 18.2 Å². The summed E-state index contributed by atoms with van der Waals surface area (Å²) in [6.45, 7) is 0. The van der Waals surface area contributed by atoms with Crippen LogP contribution in [0.2, 0.25) is 0 Å². The van der Waals surface area contributed by atoms with Crippen LogP contribution in [0.3, 0.4) is 0 Å². The highest BCUT2D eigenvalue weighted by Gasteiger charge is 2.01. The van der Waals surface area contributed by atoms with Crippen molar-refractivity contribution in [1.82, 2.24) is 0 Å². The summed E-state index contributed by atoms with van der Waals surface area (Å²) in [7, 11) is 3.17. The molecule has 0 aliphatic rings. The van der Waals surface area contributed by atoms with Gasteiger partial charge < -0.3 is 14.7 Å². The van der Waals surface area contributed by atoms with Gasteiger partial charge in [-0.25, -0.2) is 0 Å².